The molecule has 0 aliphatic carbocycles. The Balaban J connectivity index is 2.77. The van der Waals surface area contributed by atoms with Crippen LogP contribution in [0.25, 0.3) is 0 Å². The van der Waals surface area contributed by atoms with Crippen LogP contribution in [0.5, 0.6) is 0 Å². The molecule has 1 rings (SSSR count). The zero-order valence-corrected chi connectivity index (χ0v) is 9.77. The Morgan fingerprint density at radius 2 is 2.35 bits per heavy atom. The molecule has 1 atom stereocenters. The van der Waals surface area contributed by atoms with Gasteiger partial charge in [-0.15, -0.1) is 0 Å². The summed E-state index contributed by atoms with van der Waals surface area (Å²) in [4.78, 5) is 26.2. The summed E-state index contributed by atoms with van der Waals surface area (Å²) in [5.74, 6) is -1.78. The van der Waals surface area contributed by atoms with Gasteiger partial charge in [-0.1, -0.05) is 11.6 Å². The summed E-state index contributed by atoms with van der Waals surface area (Å²) in [6, 6.07) is 1.87. The van der Waals surface area contributed by atoms with Crippen LogP contribution in [0.1, 0.15) is 10.4 Å². The van der Waals surface area contributed by atoms with Crippen molar-refractivity contribution in [1.82, 2.24) is 10.3 Å². The van der Waals surface area contributed by atoms with E-state index in [9.17, 15) is 9.59 Å². The van der Waals surface area contributed by atoms with Gasteiger partial charge in [0.1, 0.15) is 5.15 Å². The quantitative estimate of drug-likeness (QED) is 0.754. The second-order valence-corrected chi connectivity index (χ2v) is 3.52. The predicted molar refractivity (Wildman–Crippen MR) is 60.0 cm³/mol. The van der Waals surface area contributed by atoms with E-state index in [1.165, 1.54) is 25.4 Å². The number of carbonyl (C=O) groups is 2. The summed E-state index contributed by atoms with van der Waals surface area (Å²) < 4.78 is 4.69. The molecule has 92 valence electrons. The van der Waals surface area contributed by atoms with Crippen molar-refractivity contribution in [2.45, 2.75) is 6.04 Å². The predicted octanol–water partition coefficient (Wildman–Crippen LogP) is 0.564. The van der Waals surface area contributed by atoms with Gasteiger partial charge in [0.25, 0.3) is 5.91 Å². The second kappa shape index (κ2) is 6.17. The molecular weight excluding hydrogens is 248 g/mol. The SMILES string of the molecule is COCC(NC(=O)c1cccnc1Cl)C(=O)O. The summed E-state index contributed by atoms with van der Waals surface area (Å²) in [7, 11) is 1.35. The number of hydrogen-bond donors (Lipinski definition) is 2. The molecule has 0 saturated carbocycles. The molecule has 1 aromatic heterocycles. The topological polar surface area (TPSA) is 88.5 Å². The maximum Gasteiger partial charge on any atom is 0.328 e. The fourth-order valence-electron chi connectivity index (χ4n) is 1.13. The van der Waals surface area contributed by atoms with E-state index < -0.39 is 17.9 Å². The molecule has 0 saturated heterocycles. The number of carbonyl (C=O) groups excluding carboxylic acids is 1. The van der Waals surface area contributed by atoms with Crippen LogP contribution in [0.4, 0.5) is 0 Å². The van der Waals surface area contributed by atoms with Crippen molar-refractivity contribution in [1.29, 1.82) is 0 Å². The zero-order valence-electron chi connectivity index (χ0n) is 9.01. The van der Waals surface area contributed by atoms with Crippen LogP contribution in [0.15, 0.2) is 18.3 Å². The molecule has 2 N–H and O–H groups in total. The maximum absolute atomic E-state index is 11.7. The van der Waals surface area contributed by atoms with Crippen molar-refractivity contribution in [3.8, 4) is 0 Å². The third-order valence-electron chi connectivity index (χ3n) is 1.94. The molecule has 1 amide bonds. The molecule has 17 heavy (non-hydrogen) atoms. The van der Waals surface area contributed by atoms with Gasteiger partial charge in [0, 0.05) is 13.3 Å². The number of hydrogen-bond acceptors (Lipinski definition) is 4. The van der Waals surface area contributed by atoms with Crippen LogP contribution in [0, 0.1) is 0 Å². The van der Waals surface area contributed by atoms with Crippen LogP contribution in [0.3, 0.4) is 0 Å². The fourth-order valence-corrected chi connectivity index (χ4v) is 1.34. The van der Waals surface area contributed by atoms with Crippen molar-refractivity contribution < 1.29 is 19.4 Å². The molecular formula is C10H11ClN2O4. The minimum absolute atomic E-state index is 0.0200. The number of halogens is 1. The summed E-state index contributed by atoms with van der Waals surface area (Å²) >= 11 is 5.71. The molecule has 1 aromatic rings. The minimum Gasteiger partial charge on any atom is -0.480 e. The number of nitrogens with one attached hydrogen (secondary N) is 1. The lowest BCUT2D eigenvalue weighted by molar-refractivity contribution is -0.140. The van der Waals surface area contributed by atoms with Gasteiger partial charge < -0.3 is 15.2 Å². The van der Waals surface area contributed by atoms with E-state index >= 15 is 0 Å². The number of carboxylic acid groups (broad SMARTS) is 1. The molecule has 0 bridgehead atoms. The average Bonchev–Trinajstić information content (AvgIpc) is 2.28. The number of nitrogens with zero attached hydrogens (tertiary/aromatic N) is 1. The molecule has 1 unspecified atom stereocenters. The van der Waals surface area contributed by atoms with E-state index in [4.69, 9.17) is 16.7 Å². The molecule has 0 aromatic carbocycles. The van der Waals surface area contributed by atoms with Gasteiger partial charge >= 0.3 is 5.97 Å². The largest absolute Gasteiger partial charge is 0.480 e. The van der Waals surface area contributed by atoms with Gasteiger partial charge in [-0.3, -0.25) is 4.79 Å². The van der Waals surface area contributed by atoms with E-state index in [1.54, 1.807) is 0 Å². The van der Waals surface area contributed by atoms with Gasteiger partial charge in [-0.2, -0.15) is 0 Å². The van der Waals surface area contributed by atoms with Crippen LogP contribution in [0.2, 0.25) is 5.15 Å². The zero-order chi connectivity index (χ0) is 12.8. The van der Waals surface area contributed by atoms with E-state index in [1.807, 2.05) is 0 Å². The van der Waals surface area contributed by atoms with E-state index in [0.717, 1.165) is 0 Å². The van der Waals surface area contributed by atoms with E-state index in [0.29, 0.717) is 0 Å². The smallest absolute Gasteiger partial charge is 0.328 e. The first-order valence-corrected chi connectivity index (χ1v) is 5.07. The Morgan fingerprint density at radius 3 is 2.88 bits per heavy atom. The lowest BCUT2D eigenvalue weighted by Gasteiger charge is -2.13. The molecule has 0 aliphatic rings. The normalized spacial score (nSPS) is 11.9. The highest BCUT2D eigenvalue weighted by Gasteiger charge is 2.21. The number of aromatic nitrogens is 1. The Labute approximate surface area is 103 Å². The molecule has 1 heterocycles. The Kier molecular flexibility index (Phi) is 4.86. The number of aliphatic carboxylic acids is 1. The summed E-state index contributed by atoms with van der Waals surface area (Å²) in [5, 5.41) is 11.1. The Morgan fingerprint density at radius 1 is 1.65 bits per heavy atom. The van der Waals surface area contributed by atoms with Crippen molar-refractivity contribution in [3.05, 3.63) is 29.0 Å². The minimum atomic E-state index is -1.18. The highest BCUT2D eigenvalue weighted by atomic mass is 35.5. The molecule has 7 heteroatoms. The number of carboxylic acids is 1. The second-order valence-electron chi connectivity index (χ2n) is 3.16. The van der Waals surface area contributed by atoms with Crippen molar-refractivity contribution in [2.24, 2.45) is 0 Å². The molecule has 6 nitrogen and oxygen atoms in total. The Bertz CT molecular complexity index is 425. The third-order valence-corrected chi connectivity index (χ3v) is 2.24. The highest BCUT2D eigenvalue weighted by Crippen LogP contribution is 2.11. The Hall–Kier alpha value is -1.66. The van der Waals surface area contributed by atoms with E-state index in [-0.39, 0.29) is 17.3 Å². The van der Waals surface area contributed by atoms with Crippen molar-refractivity contribution in [3.63, 3.8) is 0 Å². The van der Waals surface area contributed by atoms with Gasteiger partial charge in [0.2, 0.25) is 0 Å². The van der Waals surface area contributed by atoms with Crippen LogP contribution in [-0.4, -0.2) is 41.7 Å². The number of amides is 1. The van der Waals surface area contributed by atoms with Crippen molar-refractivity contribution >= 4 is 23.5 Å². The van der Waals surface area contributed by atoms with Gasteiger partial charge in [-0.25, -0.2) is 9.78 Å². The molecule has 0 aliphatic heterocycles. The highest BCUT2D eigenvalue weighted by molar-refractivity contribution is 6.32. The third kappa shape index (κ3) is 3.69. The first-order valence-electron chi connectivity index (χ1n) is 4.69. The van der Waals surface area contributed by atoms with Gasteiger partial charge in [0.05, 0.1) is 12.2 Å². The molecule has 0 fully saturated rings. The van der Waals surface area contributed by atoms with Gasteiger partial charge in [0.15, 0.2) is 6.04 Å². The molecule has 0 spiro atoms. The summed E-state index contributed by atoms with van der Waals surface area (Å²) in [6.07, 6.45) is 1.43. The standard InChI is InChI=1S/C10H11ClN2O4/c1-17-5-7(10(15)16)13-9(14)6-3-2-4-12-8(6)11/h2-4,7H,5H2,1H3,(H,13,14)(H,15,16). The maximum atomic E-state index is 11.7. The average molecular weight is 259 g/mol. The van der Waals surface area contributed by atoms with Crippen LogP contribution < -0.4 is 5.32 Å². The number of pyridine rings is 1. The first kappa shape index (κ1) is 13.4. The first-order chi connectivity index (χ1) is 8.06. The number of ether oxygens (including phenoxy) is 1. The lowest BCUT2D eigenvalue weighted by atomic mass is 10.2. The van der Waals surface area contributed by atoms with Gasteiger partial charge in [-0.05, 0) is 12.1 Å². The van der Waals surface area contributed by atoms with Crippen LogP contribution >= 0.6 is 11.6 Å². The van der Waals surface area contributed by atoms with Crippen LogP contribution in [-0.2, 0) is 9.53 Å². The monoisotopic (exact) mass is 258 g/mol. The lowest BCUT2D eigenvalue weighted by Crippen LogP contribution is -2.43. The fraction of sp³-hybridized carbons (Fsp3) is 0.300. The number of methoxy groups -OCH3 is 1. The summed E-state index contributed by atoms with van der Waals surface area (Å²) in [6.45, 7) is -0.126. The van der Waals surface area contributed by atoms with Crippen molar-refractivity contribution in [2.75, 3.05) is 13.7 Å². The summed E-state index contributed by atoms with van der Waals surface area (Å²) in [5.41, 5.74) is 0.122. The molecule has 0 radical (unpaired) electrons. The van der Waals surface area contributed by atoms with E-state index in [2.05, 4.69) is 15.0 Å². The number of rotatable bonds is 5.